The van der Waals surface area contributed by atoms with E-state index in [1.807, 2.05) is 6.08 Å². The average molecular weight is 964 g/mol. The first-order valence-corrected chi connectivity index (χ1v) is 29.4. The van der Waals surface area contributed by atoms with Crippen molar-refractivity contribution in [3.05, 3.63) is 72.9 Å². The number of rotatable bonds is 53. The minimum atomic E-state index is -0.825. The van der Waals surface area contributed by atoms with Crippen LogP contribution in [0.5, 0.6) is 0 Å². The van der Waals surface area contributed by atoms with Gasteiger partial charge in [0, 0.05) is 12.8 Å². The second-order valence-corrected chi connectivity index (χ2v) is 19.5. The summed E-state index contributed by atoms with van der Waals surface area (Å²) in [6.45, 7) is 6.41. The highest BCUT2D eigenvalue weighted by atomic mass is 16.6. The van der Waals surface area contributed by atoms with Gasteiger partial charge < -0.3 is 14.2 Å². The Hall–Kier alpha value is -3.15. The number of hydrogen-bond donors (Lipinski definition) is 0. The van der Waals surface area contributed by atoms with Crippen LogP contribution in [0.2, 0.25) is 0 Å². The average Bonchev–Trinajstić information content (AvgIpc) is 3.35. The summed E-state index contributed by atoms with van der Waals surface area (Å²) >= 11 is 0. The highest BCUT2D eigenvalue weighted by Gasteiger charge is 2.19. The normalized spacial score (nSPS) is 12.6. The topological polar surface area (TPSA) is 78.9 Å². The van der Waals surface area contributed by atoms with Gasteiger partial charge in [-0.3, -0.25) is 14.4 Å². The Labute approximate surface area is 427 Å². The van der Waals surface area contributed by atoms with Crippen LogP contribution in [0.3, 0.4) is 0 Å². The molecule has 0 bridgehead atoms. The van der Waals surface area contributed by atoms with Crippen molar-refractivity contribution in [3.63, 3.8) is 0 Å². The molecular formula is C63H110O6. The van der Waals surface area contributed by atoms with Gasteiger partial charge in [0.05, 0.1) is 6.42 Å². The minimum absolute atomic E-state index is 0.0995. The number of allylic oxidation sites excluding steroid dienone is 11. The first kappa shape index (κ1) is 65.8. The Morgan fingerprint density at radius 2 is 0.609 bits per heavy atom. The molecule has 6 nitrogen and oxygen atoms in total. The summed E-state index contributed by atoms with van der Waals surface area (Å²) < 4.78 is 16.7. The molecule has 0 fully saturated rings. The number of hydrogen-bond acceptors (Lipinski definition) is 6. The molecule has 0 rings (SSSR count). The molecule has 0 aromatic rings. The van der Waals surface area contributed by atoms with Crippen molar-refractivity contribution in [1.82, 2.24) is 0 Å². The van der Waals surface area contributed by atoms with Crippen LogP contribution in [0.1, 0.15) is 290 Å². The van der Waals surface area contributed by atoms with Crippen LogP contribution in [0.15, 0.2) is 72.9 Å². The van der Waals surface area contributed by atoms with Crippen LogP contribution in [-0.4, -0.2) is 37.2 Å². The van der Waals surface area contributed by atoms with E-state index >= 15 is 0 Å². The molecule has 69 heavy (non-hydrogen) atoms. The van der Waals surface area contributed by atoms with Crippen molar-refractivity contribution >= 4 is 17.9 Å². The fraction of sp³-hybridized carbons (Fsp3) is 0.762. The van der Waals surface area contributed by atoms with E-state index in [9.17, 15) is 14.4 Å². The Morgan fingerprint density at radius 3 is 0.942 bits per heavy atom. The van der Waals surface area contributed by atoms with Gasteiger partial charge >= 0.3 is 17.9 Å². The SMILES string of the molecule is CC/C=C\C/C=C\C/C=C\C/C=C\C/C=C\CC(=O)OC(COC(=O)CCCCCCCCC)COC(=O)CCCCCCCCCCCCCCCCCCC/C=C\CCCCCCCCCC. The molecule has 398 valence electrons. The van der Waals surface area contributed by atoms with Gasteiger partial charge in [0.15, 0.2) is 6.10 Å². The zero-order valence-corrected chi connectivity index (χ0v) is 45.6. The molecular weight excluding hydrogens is 853 g/mol. The predicted molar refractivity (Wildman–Crippen MR) is 298 cm³/mol. The van der Waals surface area contributed by atoms with E-state index in [4.69, 9.17) is 14.2 Å². The van der Waals surface area contributed by atoms with E-state index in [1.165, 1.54) is 180 Å². The lowest BCUT2D eigenvalue weighted by molar-refractivity contribution is -0.166. The van der Waals surface area contributed by atoms with E-state index in [-0.39, 0.29) is 31.6 Å². The summed E-state index contributed by atoms with van der Waals surface area (Å²) in [5.74, 6) is -1.04. The van der Waals surface area contributed by atoms with Crippen LogP contribution >= 0.6 is 0 Å². The number of carbonyl (C=O) groups excluding carboxylic acids is 3. The zero-order valence-electron chi connectivity index (χ0n) is 45.6. The van der Waals surface area contributed by atoms with Gasteiger partial charge in [-0.15, -0.1) is 0 Å². The molecule has 0 aliphatic heterocycles. The standard InChI is InChI=1S/C63H110O6/c1-4-7-10-13-16-18-20-22-24-25-26-27-28-29-30-31-32-33-34-35-36-37-39-40-42-44-47-50-53-56-62(65)68-59-60(58-67-61(64)55-52-49-46-15-12-9-6-3)69-63(66)57-54-51-48-45-43-41-38-23-21-19-17-14-11-8-5-2/h8,11,17,19,23,25-26,38,43,45,51,54,60H,4-7,9-10,12-16,18,20-22,24,27-37,39-42,44,46-50,52-53,55-59H2,1-3H3/b11-8-,19-17-,26-25-,38-23-,45-43-,54-51-. The Morgan fingerprint density at radius 1 is 0.319 bits per heavy atom. The maximum Gasteiger partial charge on any atom is 0.310 e. The quantitative estimate of drug-likeness (QED) is 0.0262. The zero-order chi connectivity index (χ0) is 50.0. The monoisotopic (exact) mass is 963 g/mol. The summed E-state index contributed by atoms with van der Waals surface area (Å²) in [6.07, 6.45) is 74.0. The molecule has 0 saturated carbocycles. The van der Waals surface area contributed by atoms with Crippen molar-refractivity contribution in [2.45, 2.75) is 297 Å². The van der Waals surface area contributed by atoms with Gasteiger partial charge in [0.2, 0.25) is 0 Å². The van der Waals surface area contributed by atoms with E-state index in [0.717, 1.165) is 70.6 Å². The van der Waals surface area contributed by atoms with Gasteiger partial charge in [-0.2, -0.15) is 0 Å². The van der Waals surface area contributed by atoms with Gasteiger partial charge in [0.1, 0.15) is 13.2 Å². The first-order chi connectivity index (χ1) is 34.0. The van der Waals surface area contributed by atoms with E-state index in [1.54, 1.807) is 6.08 Å². The Balaban J connectivity index is 4.11. The van der Waals surface area contributed by atoms with Crippen LogP contribution < -0.4 is 0 Å². The molecule has 0 N–H and O–H groups in total. The second kappa shape index (κ2) is 57.4. The summed E-state index contributed by atoms with van der Waals surface area (Å²) in [4.78, 5) is 37.8. The summed E-state index contributed by atoms with van der Waals surface area (Å²) in [5.41, 5.74) is 0. The third-order valence-electron chi connectivity index (χ3n) is 12.7. The summed E-state index contributed by atoms with van der Waals surface area (Å²) in [6, 6.07) is 0. The second-order valence-electron chi connectivity index (χ2n) is 19.5. The molecule has 0 aliphatic carbocycles. The molecule has 1 unspecified atom stereocenters. The smallest absolute Gasteiger partial charge is 0.310 e. The van der Waals surface area contributed by atoms with E-state index in [2.05, 4.69) is 81.5 Å². The van der Waals surface area contributed by atoms with Gasteiger partial charge in [0.25, 0.3) is 0 Å². The third kappa shape index (κ3) is 55.6. The van der Waals surface area contributed by atoms with Crippen molar-refractivity contribution in [2.75, 3.05) is 13.2 Å². The summed E-state index contributed by atoms with van der Waals surface area (Å²) in [5, 5.41) is 0. The molecule has 1 atom stereocenters. The molecule has 0 saturated heterocycles. The fourth-order valence-electron chi connectivity index (χ4n) is 8.34. The number of carbonyl (C=O) groups is 3. The van der Waals surface area contributed by atoms with Crippen LogP contribution in [0.25, 0.3) is 0 Å². The molecule has 6 heteroatoms. The van der Waals surface area contributed by atoms with Gasteiger partial charge in [-0.1, -0.05) is 273 Å². The van der Waals surface area contributed by atoms with Crippen molar-refractivity contribution in [2.24, 2.45) is 0 Å². The largest absolute Gasteiger partial charge is 0.462 e. The molecule has 0 heterocycles. The fourth-order valence-corrected chi connectivity index (χ4v) is 8.34. The highest BCUT2D eigenvalue weighted by molar-refractivity contribution is 5.72. The maximum absolute atomic E-state index is 12.7. The van der Waals surface area contributed by atoms with Crippen LogP contribution in [0.4, 0.5) is 0 Å². The van der Waals surface area contributed by atoms with Crippen LogP contribution in [0, 0.1) is 0 Å². The van der Waals surface area contributed by atoms with Crippen molar-refractivity contribution in [1.29, 1.82) is 0 Å². The lowest BCUT2D eigenvalue weighted by atomic mass is 10.0. The number of esters is 3. The molecule has 0 aromatic carbocycles. The van der Waals surface area contributed by atoms with Gasteiger partial charge in [-0.05, 0) is 70.6 Å². The Kier molecular flexibility index (Phi) is 54.8. The number of ether oxygens (including phenoxy) is 3. The lowest BCUT2D eigenvalue weighted by Crippen LogP contribution is -2.30. The van der Waals surface area contributed by atoms with Crippen LogP contribution in [-0.2, 0) is 28.6 Å². The Bertz CT molecular complexity index is 1290. The minimum Gasteiger partial charge on any atom is -0.462 e. The van der Waals surface area contributed by atoms with E-state index in [0.29, 0.717) is 12.8 Å². The van der Waals surface area contributed by atoms with E-state index < -0.39 is 12.1 Å². The molecule has 0 spiro atoms. The van der Waals surface area contributed by atoms with Gasteiger partial charge in [-0.25, -0.2) is 0 Å². The predicted octanol–water partition coefficient (Wildman–Crippen LogP) is 19.8. The number of unbranched alkanes of at least 4 members (excludes halogenated alkanes) is 31. The molecule has 0 radical (unpaired) electrons. The molecule has 0 aliphatic rings. The lowest BCUT2D eigenvalue weighted by Gasteiger charge is -2.18. The molecule has 0 aromatic heterocycles. The maximum atomic E-state index is 12.7. The van der Waals surface area contributed by atoms with Crippen molar-refractivity contribution in [3.8, 4) is 0 Å². The first-order valence-electron chi connectivity index (χ1n) is 29.4. The summed E-state index contributed by atoms with van der Waals surface area (Å²) in [7, 11) is 0. The molecule has 0 amide bonds. The van der Waals surface area contributed by atoms with Crippen molar-refractivity contribution < 1.29 is 28.6 Å². The third-order valence-corrected chi connectivity index (χ3v) is 12.7. The highest BCUT2D eigenvalue weighted by Crippen LogP contribution is 2.16.